The molecular formula is C10H22N2OS. The second-order valence-corrected chi connectivity index (χ2v) is 4.74. The molecule has 3 nitrogen and oxygen atoms in total. The molecule has 0 aliphatic heterocycles. The first-order valence-electron chi connectivity index (χ1n) is 4.98. The highest BCUT2D eigenvalue weighted by Gasteiger charge is 2.10. The Kier molecular flexibility index (Phi) is 8.23. The fourth-order valence-corrected chi connectivity index (χ4v) is 1.49. The topological polar surface area (TPSA) is 24.8 Å². The third-order valence-electron chi connectivity index (χ3n) is 1.81. The Bertz CT molecular complexity index is 162. The number of hydrogen-bond donors (Lipinski definition) is 0. The molecule has 0 bridgehead atoms. The lowest BCUT2D eigenvalue weighted by Crippen LogP contribution is -2.20. The summed E-state index contributed by atoms with van der Waals surface area (Å²) < 4.78 is 5.49. The Balaban J connectivity index is 3.61. The molecule has 0 fully saturated rings. The SMILES string of the molecule is CCO[C@@H](C)C(C)S/C=N\CN(C)C. The molecule has 0 saturated carbocycles. The first kappa shape index (κ1) is 13.9. The predicted molar refractivity (Wildman–Crippen MR) is 65.2 cm³/mol. The van der Waals surface area contributed by atoms with E-state index in [1.165, 1.54) is 0 Å². The maximum atomic E-state index is 5.49. The van der Waals surface area contributed by atoms with Crippen LogP contribution in [0.4, 0.5) is 0 Å². The van der Waals surface area contributed by atoms with Crippen LogP contribution in [0.5, 0.6) is 0 Å². The number of hydrogen-bond acceptors (Lipinski definition) is 4. The Morgan fingerprint density at radius 1 is 1.43 bits per heavy atom. The van der Waals surface area contributed by atoms with Crippen LogP contribution in [-0.2, 0) is 4.74 Å². The average molecular weight is 218 g/mol. The number of nitrogens with zero attached hydrogens (tertiary/aromatic N) is 2. The molecule has 1 unspecified atom stereocenters. The lowest BCUT2D eigenvalue weighted by Gasteiger charge is -2.17. The maximum absolute atomic E-state index is 5.49. The van der Waals surface area contributed by atoms with Crippen molar-refractivity contribution in [1.82, 2.24) is 4.90 Å². The van der Waals surface area contributed by atoms with E-state index in [0.717, 1.165) is 13.3 Å². The zero-order chi connectivity index (χ0) is 11.0. The van der Waals surface area contributed by atoms with E-state index in [1.807, 2.05) is 31.5 Å². The van der Waals surface area contributed by atoms with Crippen LogP contribution >= 0.6 is 11.8 Å². The summed E-state index contributed by atoms with van der Waals surface area (Å²) in [5.74, 6) is 0. The van der Waals surface area contributed by atoms with Crippen molar-refractivity contribution in [2.24, 2.45) is 4.99 Å². The van der Waals surface area contributed by atoms with E-state index in [9.17, 15) is 0 Å². The Hall–Kier alpha value is -0.0600. The van der Waals surface area contributed by atoms with E-state index in [2.05, 4.69) is 18.8 Å². The highest BCUT2D eigenvalue weighted by atomic mass is 32.2. The number of ether oxygens (including phenoxy) is 1. The molecule has 2 atom stereocenters. The molecule has 0 aromatic carbocycles. The van der Waals surface area contributed by atoms with E-state index in [1.54, 1.807) is 11.8 Å². The third-order valence-corrected chi connectivity index (χ3v) is 2.89. The molecule has 0 amide bonds. The second-order valence-electron chi connectivity index (χ2n) is 3.51. The summed E-state index contributed by atoms with van der Waals surface area (Å²) in [7, 11) is 4.02. The van der Waals surface area contributed by atoms with E-state index in [-0.39, 0.29) is 6.10 Å². The molecule has 4 heteroatoms. The van der Waals surface area contributed by atoms with Crippen LogP contribution < -0.4 is 0 Å². The van der Waals surface area contributed by atoms with Gasteiger partial charge in [0.05, 0.1) is 18.3 Å². The lowest BCUT2D eigenvalue weighted by atomic mass is 10.3. The van der Waals surface area contributed by atoms with Gasteiger partial charge in [-0.05, 0) is 27.9 Å². The van der Waals surface area contributed by atoms with Crippen LogP contribution in [-0.4, -0.2) is 49.2 Å². The molecule has 0 aliphatic rings. The summed E-state index contributed by atoms with van der Waals surface area (Å²) in [4.78, 5) is 6.30. The largest absolute Gasteiger partial charge is 0.378 e. The summed E-state index contributed by atoms with van der Waals surface area (Å²) >= 11 is 1.72. The quantitative estimate of drug-likeness (QED) is 0.483. The van der Waals surface area contributed by atoms with Crippen LogP contribution in [0, 0.1) is 0 Å². The standard InChI is InChI=1S/C10H22N2OS/c1-6-13-9(2)10(3)14-8-11-7-12(4)5/h8-10H,6-7H2,1-5H3/b11-8-/t9-,10?/m0/s1. The van der Waals surface area contributed by atoms with Crippen LogP contribution in [0.2, 0.25) is 0 Å². The van der Waals surface area contributed by atoms with Crippen molar-refractivity contribution in [2.75, 3.05) is 27.4 Å². The van der Waals surface area contributed by atoms with Gasteiger partial charge in [0.15, 0.2) is 0 Å². The van der Waals surface area contributed by atoms with E-state index in [0.29, 0.717) is 5.25 Å². The molecule has 0 aliphatic carbocycles. The molecule has 0 aromatic heterocycles. The number of aliphatic imine (C=N–C) groups is 1. The smallest absolute Gasteiger partial charge is 0.0910 e. The van der Waals surface area contributed by atoms with Crippen molar-refractivity contribution in [3.8, 4) is 0 Å². The second kappa shape index (κ2) is 8.26. The van der Waals surface area contributed by atoms with Crippen molar-refractivity contribution >= 4 is 17.3 Å². The molecule has 0 saturated heterocycles. The first-order valence-corrected chi connectivity index (χ1v) is 5.92. The van der Waals surface area contributed by atoms with Gasteiger partial charge in [0, 0.05) is 11.9 Å². The van der Waals surface area contributed by atoms with Crippen LogP contribution in [0.15, 0.2) is 4.99 Å². The Labute approximate surface area is 91.9 Å². The van der Waals surface area contributed by atoms with Crippen molar-refractivity contribution in [3.05, 3.63) is 0 Å². The van der Waals surface area contributed by atoms with Gasteiger partial charge in [-0.2, -0.15) is 0 Å². The summed E-state index contributed by atoms with van der Waals surface area (Å²) in [6.07, 6.45) is 0.288. The molecule has 0 rings (SSSR count). The molecule has 0 N–H and O–H groups in total. The summed E-state index contributed by atoms with van der Waals surface area (Å²) in [5.41, 5.74) is 1.92. The predicted octanol–water partition coefficient (Wildman–Crippen LogP) is 2.08. The van der Waals surface area contributed by atoms with Gasteiger partial charge in [-0.1, -0.05) is 6.92 Å². The van der Waals surface area contributed by atoms with Crippen molar-refractivity contribution in [2.45, 2.75) is 32.1 Å². The Morgan fingerprint density at radius 3 is 2.57 bits per heavy atom. The van der Waals surface area contributed by atoms with Gasteiger partial charge < -0.3 is 4.74 Å². The van der Waals surface area contributed by atoms with Gasteiger partial charge >= 0.3 is 0 Å². The lowest BCUT2D eigenvalue weighted by molar-refractivity contribution is 0.0780. The number of rotatable bonds is 7. The minimum Gasteiger partial charge on any atom is -0.378 e. The maximum Gasteiger partial charge on any atom is 0.0910 e. The van der Waals surface area contributed by atoms with E-state index >= 15 is 0 Å². The zero-order valence-corrected chi connectivity index (χ0v) is 10.7. The molecule has 0 aromatic rings. The van der Waals surface area contributed by atoms with Gasteiger partial charge in [0.1, 0.15) is 0 Å². The zero-order valence-electron chi connectivity index (χ0n) is 9.86. The molecule has 0 spiro atoms. The van der Waals surface area contributed by atoms with Crippen LogP contribution in [0.25, 0.3) is 0 Å². The molecule has 0 heterocycles. The normalized spacial score (nSPS) is 16.4. The number of thioether (sulfide) groups is 1. The van der Waals surface area contributed by atoms with Crippen molar-refractivity contribution in [3.63, 3.8) is 0 Å². The highest BCUT2D eigenvalue weighted by molar-refractivity contribution is 8.12. The van der Waals surface area contributed by atoms with E-state index < -0.39 is 0 Å². The van der Waals surface area contributed by atoms with Crippen molar-refractivity contribution in [1.29, 1.82) is 0 Å². The highest BCUT2D eigenvalue weighted by Crippen LogP contribution is 2.13. The first-order chi connectivity index (χ1) is 6.57. The monoisotopic (exact) mass is 218 g/mol. The van der Waals surface area contributed by atoms with Gasteiger partial charge in [0.25, 0.3) is 0 Å². The minimum absolute atomic E-state index is 0.288. The third kappa shape index (κ3) is 7.35. The van der Waals surface area contributed by atoms with Crippen molar-refractivity contribution < 1.29 is 4.74 Å². The van der Waals surface area contributed by atoms with Gasteiger partial charge in [-0.15, -0.1) is 11.8 Å². The molecule has 84 valence electrons. The van der Waals surface area contributed by atoms with Gasteiger partial charge in [0.2, 0.25) is 0 Å². The summed E-state index contributed by atoms with van der Waals surface area (Å²) in [6, 6.07) is 0. The average Bonchev–Trinajstić information content (AvgIpc) is 2.12. The van der Waals surface area contributed by atoms with Crippen LogP contribution in [0.3, 0.4) is 0 Å². The van der Waals surface area contributed by atoms with E-state index in [4.69, 9.17) is 4.74 Å². The van der Waals surface area contributed by atoms with Gasteiger partial charge in [-0.25, -0.2) is 0 Å². The molecular weight excluding hydrogens is 196 g/mol. The molecule has 0 radical (unpaired) electrons. The van der Waals surface area contributed by atoms with Gasteiger partial charge in [-0.3, -0.25) is 9.89 Å². The minimum atomic E-state index is 0.288. The summed E-state index contributed by atoms with van der Waals surface area (Å²) in [5, 5.41) is 0.459. The Morgan fingerprint density at radius 2 is 2.07 bits per heavy atom. The van der Waals surface area contributed by atoms with Crippen LogP contribution in [0.1, 0.15) is 20.8 Å². The summed E-state index contributed by atoms with van der Waals surface area (Å²) in [6.45, 7) is 7.81. The fraction of sp³-hybridized carbons (Fsp3) is 0.900. The molecule has 14 heavy (non-hydrogen) atoms. The fourth-order valence-electron chi connectivity index (χ4n) is 0.845.